The van der Waals surface area contributed by atoms with Crippen molar-refractivity contribution in [1.29, 1.82) is 0 Å². The Balaban J connectivity index is 1.28. The van der Waals surface area contributed by atoms with Gasteiger partial charge < -0.3 is 4.90 Å². The van der Waals surface area contributed by atoms with Crippen LogP contribution in [0.2, 0.25) is 0 Å². The molecule has 0 unspecified atom stereocenters. The number of nitrogens with zero attached hydrogens (tertiary/aromatic N) is 1. The predicted molar refractivity (Wildman–Crippen MR) is 174 cm³/mol. The minimum Gasteiger partial charge on any atom is -0.311 e. The Morgan fingerprint density at radius 2 is 1.05 bits per heavy atom. The van der Waals surface area contributed by atoms with Crippen LogP contribution < -0.4 is 4.90 Å². The van der Waals surface area contributed by atoms with Crippen molar-refractivity contribution in [2.24, 2.45) is 0 Å². The fraction of sp³-hybridized carbons (Fsp3) is 0. The molecule has 1 nitrogen and oxygen atoms in total. The highest BCUT2D eigenvalue weighted by Gasteiger charge is 2.21. The maximum Gasteiger partial charge on any atom is 0.0462 e. The van der Waals surface area contributed by atoms with Gasteiger partial charge in [-0.2, -0.15) is 0 Å². The van der Waals surface area contributed by atoms with Gasteiger partial charge in [-0.25, -0.2) is 0 Å². The molecule has 0 saturated carbocycles. The molecule has 8 aromatic carbocycles. The van der Waals surface area contributed by atoms with Gasteiger partial charge in [0.1, 0.15) is 0 Å². The summed E-state index contributed by atoms with van der Waals surface area (Å²) >= 11 is 1.93. The Labute approximate surface area is 235 Å². The maximum absolute atomic E-state index is 2.41. The molecular formula is C38H23NS. The first-order valence-electron chi connectivity index (χ1n) is 13.7. The van der Waals surface area contributed by atoms with E-state index in [1.54, 1.807) is 0 Å². The van der Waals surface area contributed by atoms with Gasteiger partial charge in [0.05, 0.1) is 0 Å². The zero-order chi connectivity index (χ0) is 26.2. The molecule has 186 valence electrons. The van der Waals surface area contributed by atoms with Crippen molar-refractivity contribution in [2.45, 2.75) is 0 Å². The molecule has 0 aliphatic rings. The summed E-state index contributed by atoms with van der Waals surface area (Å²) in [6.45, 7) is 0. The largest absolute Gasteiger partial charge is 0.311 e. The van der Waals surface area contributed by atoms with E-state index in [1.165, 1.54) is 63.6 Å². The van der Waals surface area contributed by atoms with Crippen LogP contribution in [0.25, 0.3) is 63.6 Å². The molecule has 1 aromatic heterocycles. The van der Waals surface area contributed by atoms with Gasteiger partial charge in [-0.15, -0.1) is 11.3 Å². The van der Waals surface area contributed by atoms with E-state index in [0.717, 1.165) is 17.1 Å². The second kappa shape index (κ2) is 8.29. The summed E-state index contributed by atoms with van der Waals surface area (Å²) in [5, 5.41) is 11.0. The number of hydrogen-bond acceptors (Lipinski definition) is 2. The van der Waals surface area contributed by atoms with Crippen molar-refractivity contribution in [3.8, 4) is 11.1 Å². The minimum atomic E-state index is 1.15. The number of fused-ring (bicyclic) bond motifs is 1. The Bertz CT molecular complexity index is 2260. The van der Waals surface area contributed by atoms with Crippen LogP contribution in [0.4, 0.5) is 17.1 Å². The molecule has 40 heavy (non-hydrogen) atoms. The summed E-state index contributed by atoms with van der Waals surface area (Å²) in [6.07, 6.45) is 0. The molecule has 0 spiro atoms. The molecule has 9 rings (SSSR count). The molecule has 0 saturated heterocycles. The predicted octanol–water partition coefficient (Wildman–Crippen LogP) is 11.5. The molecule has 0 bridgehead atoms. The van der Waals surface area contributed by atoms with E-state index in [0.29, 0.717) is 0 Å². The lowest BCUT2D eigenvalue weighted by Crippen LogP contribution is -2.09. The van der Waals surface area contributed by atoms with Gasteiger partial charge in [0.2, 0.25) is 0 Å². The Morgan fingerprint density at radius 3 is 1.77 bits per heavy atom. The standard InChI is InChI=1S/C38H23NS/c1-3-10-27(11-4-1)39(28-12-5-2-6-13-28)29-21-19-24(20-22-29)32-23-26-18-17-25-9-7-14-30-31-15-8-16-33-36(31)37(38(32)40-33)35(26)34(25)30/h1-23H. The lowest BCUT2D eigenvalue weighted by atomic mass is 9.87. The Hall–Kier alpha value is -4.92. The third kappa shape index (κ3) is 3.03. The summed E-state index contributed by atoms with van der Waals surface area (Å²) in [4.78, 5) is 2.32. The number of anilines is 3. The average molecular weight is 526 g/mol. The molecule has 0 fully saturated rings. The van der Waals surface area contributed by atoms with Crippen LogP contribution in [-0.2, 0) is 0 Å². The van der Waals surface area contributed by atoms with Crippen molar-refractivity contribution in [3.63, 3.8) is 0 Å². The van der Waals surface area contributed by atoms with E-state index in [4.69, 9.17) is 0 Å². The summed E-state index contributed by atoms with van der Waals surface area (Å²) in [6, 6.07) is 50.8. The third-order valence-corrected chi connectivity index (χ3v) is 9.53. The van der Waals surface area contributed by atoms with E-state index in [-0.39, 0.29) is 0 Å². The van der Waals surface area contributed by atoms with Crippen LogP contribution in [0.1, 0.15) is 0 Å². The molecule has 1 heterocycles. The summed E-state index contributed by atoms with van der Waals surface area (Å²) in [5.41, 5.74) is 6.01. The van der Waals surface area contributed by atoms with E-state index in [2.05, 4.69) is 144 Å². The SMILES string of the molecule is c1ccc(N(c2ccccc2)c2ccc(-c3cc4ccc5cccc6c7cccc8sc3c(c87)c4c56)cc2)cc1. The van der Waals surface area contributed by atoms with Crippen LogP contribution in [0, 0.1) is 0 Å². The van der Waals surface area contributed by atoms with E-state index < -0.39 is 0 Å². The van der Waals surface area contributed by atoms with Gasteiger partial charge in [-0.1, -0.05) is 91.0 Å². The molecule has 0 aliphatic carbocycles. The summed E-state index contributed by atoms with van der Waals surface area (Å²) < 4.78 is 2.75. The number of rotatable bonds is 4. The first kappa shape index (κ1) is 22.0. The molecule has 0 aliphatic heterocycles. The van der Waals surface area contributed by atoms with Crippen molar-refractivity contribution >= 4 is 80.9 Å². The minimum absolute atomic E-state index is 1.15. The van der Waals surface area contributed by atoms with Crippen molar-refractivity contribution in [2.75, 3.05) is 4.90 Å². The Kier molecular flexibility index (Phi) is 4.55. The lowest BCUT2D eigenvalue weighted by Gasteiger charge is -2.25. The number of para-hydroxylation sites is 2. The van der Waals surface area contributed by atoms with Crippen molar-refractivity contribution in [3.05, 3.63) is 140 Å². The number of benzene rings is 8. The molecule has 2 heteroatoms. The highest BCUT2D eigenvalue weighted by Crippen LogP contribution is 2.51. The topological polar surface area (TPSA) is 3.24 Å². The molecule has 0 N–H and O–H groups in total. The third-order valence-electron chi connectivity index (χ3n) is 8.34. The second-order valence-corrected chi connectivity index (χ2v) is 11.6. The maximum atomic E-state index is 2.41. The fourth-order valence-electron chi connectivity index (χ4n) is 6.64. The van der Waals surface area contributed by atoms with Crippen LogP contribution in [0.15, 0.2) is 140 Å². The smallest absolute Gasteiger partial charge is 0.0462 e. The number of hydrogen-bond donors (Lipinski definition) is 0. The quantitative estimate of drug-likeness (QED) is 0.163. The normalized spacial score (nSPS) is 12.0. The van der Waals surface area contributed by atoms with Crippen LogP contribution in [0.3, 0.4) is 0 Å². The monoisotopic (exact) mass is 525 g/mol. The Morgan fingerprint density at radius 1 is 0.425 bits per heavy atom. The first-order valence-corrected chi connectivity index (χ1v) is 14.5. The molecule has 9 aromatic rings. The zero-order valence-electron chi connectivity index (χ0n) is 21.6. The van der Waals surface area contributed by atoms with Gasteiger partial charge >= 0.3 is 0 Å². The summed E-state index contributed by atoms with van der Waals surface area (Å²) in [7, 11) is 0. The highest BCUT2D eigenvalue weighted by molar-refractivity contribution is 7.26. The van der Waals surface area contributed by atoms with Crippen LogP contribution in [-0.4, -0.2) is 0 Å². The van der Waals surface area contributed by atoms with Gasteiger partial charge in [-0.05, 0) is 86.4 Å². The first-order chi connectivity index (χ1) is 19.8. The molecule has 0 amide bonds. The highest BCUT2D eigenvalue weighted by atomic mass is 32.1. The van der Waals surface area contributed by atoms with Crippen LogP contribution in [0.5, 0.6) is 0 Å². The van der Waals surface area contributed by atoms with Gasteiger partial charge in [0, 0.05) is 42.8 Å². The summed E-state index contributed by atoms with van der Waals surface area (Å²) in [5.74, 6) is 0. The molecular weight excluding hydrogens is 502 g/mol. The van der Waals surface area contributed by atoms with E-state index in [1.807, 2.05) is 11.3 Å². The fourth-order valence-corrected chi connectivity index (χ4v) is 7.91. The van der Waals surface area contributed by atoms with E-state index >= 15 is 0 Å². The molecule has 0 atom stereocenters. The van der Waals surface area contributed by atoms with Crippen molar-refractivity contribution < 1.29 is 0 Å². The zero-order valence-corrected chi connectivity index (χ0v) is 22.5. The van der Waals surface area contributed by atoms with E-state index in [9.17, 15) is 0 Å². The second-order valence-electron chi connectivity index (χ2n) is 10.5. The van der Waals surface area contributed by atoms with Gasteiger partial charge in [0.25, 0.3) is 0 Å². The van der Waals surface area contributed by atoms with Crippen LogP contribution >= 0.6 is 11.3 Å². The van der Waals surface area contributed by atoms with Gasteiger partial charge in [0.15, 0.2) is 0 Å². The van der Waals surface area contributed by atoms with Crippen molar-refractivity contribution in [1.82, 2.24) is 0 Å². The molecule has 0 radical (unpaired) electrons. The van der Waals surface area contributed by atoms with Gasteiger partial charge in [-0.3, -0.25) is 0 Å². The average Bonchev–Trinajstić information content (AvgIpc) is 3.42. The lowest BCUT2D eigenvalue weighted by molar-refractivity contribution is 1.28. The number of thiophene rings is 1.